The number of carbonyl (C=O) groups is 1. The molecule has 1 atom stereocenters. The first-order chi connectivity index (χ1) is 9.69. The van der Waals surface area contributed by atoms with Gasteiger partial charge in [0, 0.05) is 13.1 Å². The maximum absolute atomic E-state index is 12.5. The lowest BCUT2D eigenvalue weighted by molar-refractivity contribution is 0.0651. The van der Waals surface area contributed by atoms with Crippen LogP contribution in [0.25, 0.3) is 0 Å². The van der Waals surface area contributed by atoms with Gasteiger partial charge >= 0.3 is 0 Å². The van der Waals surface area contributed by atoms with Gasteiger partial charge in [0.2, 0.25) is 0 Å². The van der Waals surface area contributed by atoms with Crippen molar-refractivity contribution >= 4 is 17.5 Å². The van der Waals surface area contributed by atoms with E-state index in [1.807, 2.05) is 35.2 Å². The van der Waals surface area contributed by atoms with Gasteiger partial charge in [-0.1, -0.05) is 30.3 Å². The van der Waals surface area contributed by atoms with Crippen LogP contribution in [0, 0.1) is 0 Å². The van der Waals surface area contributed by atoms with Crippen molar-refractivity contribution in [3.8, 4) is 0 Å². The minimum absolute atomic E-state index is 0.0239. The van der Waals surface area contributed by atoms with E-state index in [0.717, 1.165) is 11.3 Å². The SMILES string of the molecule is CC1CN(Cc2ccccc2)C(=O)c2cc(CCl)nn21. The van der Waals surface area contributed by atoms with Crippen molar-refractivity contribution < 1.29 is 4.79 Å². The normalized spacial score (nSPS) is 18.2. The number of benzene rings is 1. The maximum Gasteiger partial charge on any atom is 0.272 e. The molecule has 20 heavy (non-hydrogen) atoms. The third-order valence-corrected chi connectivity index (χ3v) is 3.82. The van der Waals surface area contributed by atoms with Gasteiger partial charge < -0.3 is 4.90 Å². The first-order valence-electron chi connectivity index (χ1n) is 6.66. The molecule has 0 aliphatic carbocycles. The van der Waals surface area contributed by atoms with E-state index in [-0.39, 0.29) is 11.9 Å². The summed E-state index contributed by atoms with van der Waals surface area (Å²) in [5.41, 5.74) is 2.53. The molecule has 0 radical (unpaired) electrons. The van der Waals surface area contributed by atoms with Crippen LogP contribution < -0.4 is 0 Å². The fourth-order valence-electron chi connectivity index (χ4n) is 2.59. The Bertz CT molecular complexity index is 623. The molecule has 0 bridgehead atoms. The highest BCUT2D eigenvalue weighted by atomic mass is 35.5. The zero-order valence-electron chi connectivity index (χ0n) is 11.3. The van der Waals surface area contributed by atoms with E-state index in [4.69, 9.17) is 11.6 Å². The summed E-state index contributed by atoms with van der Waals surface area (Å²) in [5, 5.41) is 4.38. The largest absolute Gasteiger partial charge is 0.331 e. The van der Waals surface area contributed by atoms with Crippen molar-refractivity contribution in [2.75, 3.05) is 6.54 Å². The Balaban J connectivity index is 1.87. The topological polar surface area (TPSA) is 38.1 Å². The number of fused-ring (bicyclic) bond motifs is 1. The molecule has 1 aromatic heterocycles. The average molecular weight is 290 g/mol. The Morgan fingerprint density at radius 2 is 2.10 bits per heavy atom. The Kier molecular flexibility index (Phi) is 3.49. The average Bonchev–Trinajstić information content (AvgIpc) is 2.91. The van der Waals surface area contributed by atoms with Crippen LogP contribution in [0.3, 0.4) is 0 Å². The van der Waals surface area contributed by atoms with Crippen molar-refractivity contribution in [3.63, 3.8) is 0 Å². The van der Waals surface area contributed by atoms with E-state index < -0.39 is 0 Å². The van der Waals surface area contributed by atoms with Crippen molar-refractivity contribution in [2.24, 2.45) is 0 Å². The van der Waals surface area contributed by atoms with Gasteiger partial charge in [-0.2, -0.15) is 5.10 Å². The molecule has 5 heteroatoms. The number of carbonyl (C=O) groups excluding carboxylic acids is 1. The van der Waals surface area contributed by atoms with Crippen molar-refractivity contribution in [2.45, 2.75) is 25.4 Å². The fourth-order valence-corrected chi connectivity index (χ4v) is 2.72. The lowest BCUT2D eigenvalue weighted by Crippen LogP contribution is -2.41. The molecule has 0 N–H and O–H groups in total. The van der Waals surface area contributed by atoms with E-state index in [9.17, 15) is 4.79 Å². The highest BCUT2D eigenvalue weighted by molar-refractivity contribution is 6.17. The van der Waals surface area contributed by atoms with Gasteiger partial charge in [0.05, 0.1) is 17.6 Å². The quantitative estimate of drug-likeness (QED) is 0.815. The fraction of sp³-hybridized carbons (Fsp3) is 0.333. The molecule has 0 saturated carbocycles. The number of nitrogens with zero attached hydrogens (tertiary/aromatic N) is 3. The lowest BCUT2D eigenvalue weighted by Gasteiger charge is -2.31. The summed E-state index contributed by atoms with van der Waals surface area (Å²) in [5.74, 6) is 0.356. The first-order valence-corrected chi connectivity index (χ1v) is 7.20. The van der Waals surface area contributed by atoms with E-state index in [2.05, 4.69) is 12.0 Å². The molecule has 0 fully saturated rings. The summed E-state index contributed by atoms with van der Waals surface area (Å²) >= 11 is 5.81. The van der Waals surface area contributed by atoms with Crippen LogP contribution in [-0.2, 0) is 12.4 Å². The molecule has 1 amide bonds. The molecule has 1 unspecified atom stereocenters. The van der Waals surface area contributed by atoms with Crippen molar-refractivity contribution in [1.29, 1.82) is 0 Å². The first kappa shape index (κ1) is 13.2. The van der Waals surface area contributed by atoms with Crippen LogP contribution in [0.2, 0.25) is 0 Å². The molecule has 1 aromatic carbocycles. The van der Waals surface area contributed by atoms with Gasteiger partial charge in [0.15, 0.2) is 0 Å². The smallest absolute Gasteiger partial charge is 0.272 e. The molecule has 2 heterocycles. The molecule has 1 aliphatic heterocycles. The van der Waals surface area contributed by atoms with Crippen LogP contribution in [0.4, 0.5) is 0 Å². The maximum atomic E-state index is 12.5. The van der Waals surface area contributed by atoms with Crippen molar-refractivity contribution in [1.82, 2.24) is 14.7 Å². The monoisotopic (exact) mass is 289 g/mol. The van der Waals surface area contributed by atoms with Gasteiger partial charge in [0.25, 0.3) is 5.91 Å². The third-order valence-electron chi connectivity index (χ3n) is 3.55. The van der Waals surface area contributed by atoms with Gasteiger partial charge in [-0.15, -0.1) is 11.6 Å². The minimum Gasteiger partial charge on any atom is -0.331 e. The van der Waals surface area contributed by atoms with Gasteiger partial charge in [-0.05, 0) is 18.6 Å². The van der Waals surface area contributed by atoms with Gasteiger partial charge in [0.1, 0.15) is 5.69 Å². The summed E-state index contributed by atoms with van der Waals surface area (Å²) in [6.45, 7) is 3.37. The van der Waals surface area contributed by atoms with Gasteiger partial charge in [-0.3, -0.25) is 9.48 Å². The molecule has 3 rings (SSSR count). The Hall–Kier alpha value is -1.81. The van der Waals surface area contributed by atoms with Crippen LogP contribution in [0.1, 0.15) is 34.7 Å². The number of hydrogen-bond acceptors (Lipinski definition) is 2. The number of alkyl halides is 1. The number of amides is 1. The van der Waals surface area contributed by atoms with E-state index in [0.29, 0.717) is 24.7 Å². The molecule has 2 aromatic rings. The highest BCUT2D eigenvalue weighted by Gasteiger charge is 2.30. The standard InChI is InChI=1S/C15H16ClN3O/c1-11-9-18(10-12-5-3-2-4-6-12)15(20)14-7-13(8-16)17-19(11)14/h2-7,11H,8-10H2,1H3. The number of aromatic nitrogens is 2. The second-order valence-corrected chi connectivity index (χ2v) is 5.39. The molecular weight excluding hydrogens is 274 g/mol. The Morgan fingerprint density at radius 1 is 1.35 bits per heavy atom. The number of hydrogen-bond donors (Lipinski definition) is 0. The summed E-state index contributed by atoms with van der Waals surface area (Å²) in [4.78, 5) is 14.4. The van der Waals surface area contributed by atoms with Crippen LogP contribution >= 0.6 is 11.6 Å². The van der Waals surface area contributed by atoms with Crippen LogP contribution in [0.5, 0.6) is 0 Å². The summed E-state index contributed by atoms with van der Waals surface area (Å²) in [6, 6.07) is 12.0. The van der Waals surface area contributed by atoms with Crippen LogP contribution in [-0.4, -0.2) is 27.1 Å². The van der Waals surface area contributed by atoms with Crippen LogP contribution in [0.15, 0.2) is 36.4 Å². The van der Waals surface area contributed by atoms with Crippen molar-refractivity contribution in [3.05, 3.63) is 53.3 Å². The predicted octanol–water partition coefficient (Wildman–Crippen LogP) is 2.84. The zero-order chi connectivity index (χ0) is 14.1. The number of halogens is 1. The molecule has 1 aliphatic rings. The summed E-state index contributed by atoms with van der Waals surface area (Å²) in [6.07, 6.45) is 0. The summed E-state index contributed by atoms with van der Waals surface area (Å²) < 4.78 is 1.79. The number of rotatable bonds is 3. The van der Waals surface area contributed by atoms with E-state index >= 15 is 0 Å². The Morgan fingerprint density at radius 3 is 2.80 bits per heavy atom. The van der Waals surface area contributed by atoms with E-state index in [1.54, 1.807) is 10.7 Å². The molecule has 4 nitrogen and oxygen atoms in total. The summed E-state index contributed by atoms with van der Waals surface area (Å²) in [7, 11) is 0. The zero-order valence-corrected chi connectivity index (χ0v) is 12.0. The predicted molar refractivity (Wildman–Crippen MR) is 77.7 cm³/mol. The second kappa shape index (κ2) is 5.29. The second-order valence-electron chi connectivity index (χ2n) is 5.12. The molecule has 104 valence electrons. The highest BCUT2D eigenvalue weighted by Crippen LogP contribution is 2.23. The Labute approximate surface area is 123 Å². The molecule has 0 saturated heterocycles. The molecular formula is C15H16ClN3O. The third kappa shape index (κ3) is 2.31. The minimum atomic E-state index is 0.0239. The lowest BCUT2D eigenvalue weighted by atomic mass is 10.1. The molecule has 0 spiro atoms. The van der Waals surface area contributed by atoms with Gasteiger partial charge in [-0.25, -0.2) is 0 Å². The van der Waals surface area contributed by atoms with E-state index in [1.165, 1.54) is 0 Å².